The molecule has 0 aliphatic rings. The normalized spacial score (nSPS) is 13.1. The summed E-state index contributed by atoms with van der Waals surface area (Å²) >= 11 is 0. The van der Waals surface area contributed by atoms with E-state index in [9.17, 15) is 5.11 Å². The molecule has 0 aromatic heterocycles. The molecule has 0 saturated heterocycles. The fourth-order valence-corrected chi connectivity index (χ4v) is 1.59. The predicted molar refractivity (Wildman–Crippen MR) is 68.7 cm³/mol. The van der Waals surface area contributed by atoms with Gasteiger partial charge < -0.3 is 10.0 Å². The Morgan fingerprint density at radius 1 is 1.19 bits per heavy atom. The smallest absolute Gasteiger partial charge is 0.0524 e. The summed E-state index contributed by atoms with van der Waals surface area (Å²) in [6.07, 6.45) is 1.74. The molecule has 0 saturated carbocycles. The molecular formula is C14H23NO. The highest BCUT2D eigenvalue weighted by Gasteiger charge is 2.01. The molecule has 1 aromatic rings. The molecule has 1 N–H and O–H groups in total. The van der Waals surface area contributed by atoms with Crippen LogP contribution in [0.1, 0.15) is 24.5 Å². The van der Waals surface area contributed by atoms with E-state index in [1.54, 1.807) is 0 Å². The van der Waals surface area contributed by atoms with Crippen molar-refractivity contribution in [3.63, 3.8) is 0 Å². The second kappa shape index (κ2) is 6.66. The summed E-state index contributed by atoms with van der Waals surface area (Å²) in [5, 5.41) is 9.19. The first-order valence-corrected chi connectivity index (χ1v) is 6.00. The van der Waals surface area contributed by atoms with Crippen molar-refractivity contribution in [1.29, 1.82) is 0 Å². The van der Waals surface area contributed by atoms with Gasteiger partial charge in [-0.1, -0.05) is 29.8 Å². The zero-order valence-corrected chi connectivity index (χ0v) is 10.6. The maximum Gasteiger partial charge on any atom is 0.0524 e. The third kappa shape index (κ3) is 5.29. The Bertz CT molecular complexity index is 292. The molecule has 0 spiro atoms. The van der Waals surface area contributed by atoms with Gasteiger partial charge >= 0.3 is 0 Å². The molecule has 0 aliphatic carbocycles. The number of aliphatic hydroxyl groups excluding tert-OH is 1. The van der Waals surface area contributed by atoms with E-state index in [4.69, 9.17) is 0 Å². The second-order valence-corrected chi connectivity index (χ2v) is 4.68. The van der Waals surface area contributed by atoms with E-state index in [0.717, 1.165) is 25.9 Å². The van der Waals surface area contributed by atoms with E-state index in [-0.39, 0.29) is 6.10 Å². The van der Waals surface area contributed by atoms with Gasteiger partial charge in [0.2, 0.25) is 0 Å². The number of aryl methyl sites for hydroxylation is 1. The van der Waals surface area contributed by atoms with Gasteiger partial charge in [-0.2, -0.15) is 0 Å². The number of likely N-dealkylation sites (N-methyl/N-ethyl adjacent to an activating group) is 1. The van der Waals surface area contributed by atoms with Crippen LogP contribution in [0.5, 0.6) is 0 Å². The third-order valence-electron chi connectivity index (χ3n) is 2.83. The van der Waals surface area contributed by atoms with Crippen LogP contribution in [0.15, 0.2) is 24.3 Å². The standard InChI is InChI=1S/C14H23NO/c1-12-4-6-14(7-5-12)9-11-15(3)10-8-13(2)16/h4-7,13,16H,8-11H2,1-3H3. The highest BCUT2D eigenvalue weighted by atomic mass is 16.3. The molecule has 0 bridgehead atoms. The summed E-state index contributed by atoms with van der Waals surface area (Å²) in [7, 11) is 2.11. The Hall–Kier alpha value is -0.860. The Labute approximate surface area is 98.9 Å². The SMILES string of the molecule is Cc1ccc(CCN(C)CCC(C)O)cc1. The first-order chi connectivity index (χ1) is 7.58. The number of hydrogen-bond donors (Lipinski definition) is 1. The largest absolute Gasteiger partial charge is 0.393 e. The van der Waals surface area contributed by atoms with Gasteiger partial charge in [-0.15, -0.1) is 0 Å². The first-order valence-electron chi connectivity index (χ1n) is 6.00. The number of benzene rings is 1. The molecule has 0 aliphatic heterocycles. The molecule has 16 heavy (non-hydrogen) atoms. The summed E-state index contributed by atoms with van der Waals surface area (Å²) in [4.78, 5) is 2.27. The minimum absolute atomic E-state index is 0.193. The maximum atomic E-state index is 9.19. The van der Waals surface area contributed by atoms with E-state index < -0.39 is 0 Å². The van der Waals surface area contributed by atoms with Crippen LogP contribution in [-0.4, -0.2) is 36.2 Å². The molecule has 2 heteroatoms. The maximum absolute atomic E-state index is 9.19. The van der Waals surface area contributed by atoms with Crippen LogP contribution in [0.4, 0.5) is 0 Å². The monoisotopic (exact) mass is 221 g/mol. The van der Waals surface area contributed by atoms with E-state index in [2.05, 4.69) is 43.1 Å². The van der Waals surface area contributed by atoms with Gasteiger partial charge in [0.05, 0.1) is 6.10 Å². The highest BCUT2D eigenvalue weighted by molar-refractivity contribution is 5.21. The fraction of sp³-hybridized carbons (Fsp3) is 0.571. The Morgan fingerprint density at radius 3 is 2.38 bits per heavy atom. The third-order valence-corrected chi connectivity index (χ3v) is 2.83. The average molecular weight is 221 g/mol. The van der Waals surface area contributed by atoms with Crippen molar-refractivity contribution in [2.75, 3.05) is 20.1 Å². The molecule has 0 radical (unpaired) electrons. The highest BCUT2D eigenvalue weighted by Crippen LogP contribution is 2.04. The van der Waals surface area contributed by atoms with Crippen molar-refractivity contribution >= 4 is 0 Å². The van der Waals surface area contributed by atoms with E-state index >= 15 is 0 Å². The molecule has 0 fully saturated rings. The summed E-state index contributed by atoms with van der Waals surface area (Å²) < 4.78 is 0. The Balaban J connectivity index is 2.26. The van der Waals surface area contributed by atoms with Crippen molar-refractivity contribution in [3.05, 3.63) is 35.4 Å². The quantitative estimate of drug-likeness (QED) is 0.796. The number of aliphatic hydroxyl groups is 1. The van der Waals surface area contributed by atoms with Crippen molar-refractivity contribution in [2.24, 2.45) is 0 Å². The summed E-state index contributed by atoms with van der Waals surface area (Å²) in [6, 6.07) is 8.70. The minimum Gasteiger partial charge on any atom is -0.393 e. The molecule has 1 aromatic carbocycles. The minimum atomic E-state index is -0.193. The van der Waals surface area contributed by atoms with Crippen LogP contribution in [-0.2, 0) is 6.42 Å². The van der Waals surface area contributed by atoms with Crippen molar-refractivity contribution in [3.8, 4) is 0 Å². The van der Waals surface area contributed by atoms with Gasteiger partial charge in [0.25, 0.3) is 0 Å². The molecule has 0 heterocycles. The van der Waals surface area contributed by atoms with Gasteiger partial charge in [-0.3, -0.25) is 0 Å². The van der Waals surface area contributed by atoms with Gasteiger partial charge in [-0.05, 0) is 39.3 Å². The number of rotatable bonds is 6. The van der Waals surface area contributed by atoms with Gasteiger partial charge in [-0.25, -0.2) is 0 Å². The average Bonchev–Trinajstić information content (AvgIpc) is 2.25. The second-order valence-electron chi connectivity index (χ2n) is 4.68. The molecular weight excluding hydrogens is 198 g/mol. The predicted octanol–water partition coefficient (Wildman–Crippen LogP) is 2.24. The van der Waals surface area contributed by atoms with Crippen LogP contribution >= 0.6 is 0 Å². The van der Waals surface area contributed by atoms with Crippen LogP contribution in [0.3, 0.4) is 0 Å². The Morgan fingerprint density at radius 2 is 1.81 bits per heavy atom. The van der Waals surface area contributed by atoms with E-state index in [1.807, 2.05) is 6.92 Å². The lowest BCUT2D eigenvalue weighted by atomic mass is 10.1. The van der Waals surface area contributed by atoms with Gasteiger partial charge in [0.15, 0.2) is 0 Å². The first kappa shape index (κ1) is 13.2. The lowest BCUT2D eigenvalue weighted by Crippen LogP contribution is -2.24. The summed E-state index contributed by atoms with van der Waals surface area (Å²) in [6.45, 7) is 5.96. The Kier molecular flexibility index (Phi) is 5.50. The molecule has 90 valence electrons. The molecule has 1 unspecified atom stereocenters. The van der Waals surface area contributed by atoms with Crippen LogP contribution in [0, 0.1) is 6.92 Å². The van der Waals surface area contributed by atoms with Crippen LogP contribution in [0.2, 0.25) is 0 Å². The summed E-state index contributed by atoms with van der Waals surface area (Å²) in [5.41, 5.74) is 2.70. The molecule has 0 amide bonds. The topological polar surface area (TPSA) is 23.5 Å². The number of nitrogens with zero attached hydrogens (tertiary/aromatic N) is 1. The fourth-order valence-electron chi connectivity index (χ4n) is 1.59. The zero-order valence-electron chi connectivity index (χ0n) is 10.6. The lowest BCUT2D eigenvalue weighted by Gasteiger charge is -2.17. The van der Waals surface area contributed by atoms with Gasteiger partial charge in [0.1, 0.15) is 0 Å². The number of hydrogen-bond acceptors (Lipinski definition) is 2. The summed E-state index contributed by atoms with van der Waals surface area (Å²) in [5.74, 6) is 0. The van der Waals surface area contributed by atoms with E-state index in [0.29, 0.717) is 0 Å². The van der Waals surface area contributed by atoms with Gasteiger partial charge in [0, 0.05) is 13.1 Å². The van der Waals surface area contributed by atoms with Crippen molar-refractivity contribution in [2.45, 2.75) is 32.8 Å². The molecule has 1 rings (SSSR count). The van der Waals surface area contributed by atoms with Crippen molar-refractivity contribution < 1.29 is 5.11 Å². The van der Waals surface area contributed by atoms with Crippen LogP contribution < -0.4 is 0 Å². The van der Waals surface area contributed by atoms with E-state index in [1.165, 1.54) is 11.1 Å². The molecule has 1 atom stereocenters. The molecule has 2 nitrogen and oxygen atoms in total. The van der Waals surface area contributed by atoms with Crippen LogP contribution in [0.25, 0.3) is 0 Å². The van der Waals surface area contributed by atoms with Crippen molar-refractivity contribution in [1.82, 2.24) is 4.90 Å². The zero-order chi connectivity index (χ0) is 12.0. The lowest BCUT2D eigenvalue weighted by molar-refractivity contribution is 0.165.